The zero-order valence-electron chi connectivity index (χ0n) is 19.7. The van der Waals surface area contributed by atoms with Crippen LogP contribution in [0.4, 0.5) is 6.01 Å². The number of unbranched alkanes of at least 4 members (excludes halogenated alkanes) is 2. The molecule has 1 N–H and O–H groups in total. The smallest absolute Gasteiger partial charge is 0.322 e. The molecule has 8 nitrogen and oxygen atoms in total. The third-order valence-electron chi connectivity index (χ3n) is 5.26. The minimum absolute atomic E-state index is 0.0315. The molecular formula is C24H30N4O4S2. The largest absolute Gasteiger partial charge is 0.403 e. The van der Waals surface area contributed by atoms with Gasteiger partial charge in [-0.2, -0.15) is 4.31 Å². The van der Waals surface area contributed by atoms with Gasteiger partial charge in [0.2, 0.25) is 15.9 Å². The van der Waals surface area contributed by atoms with Crippen LogP contribution in [-0.4, -0.2) is 48.2 Å². The molecule has 3 aromatic rings. The van der Waals surface area contributed by atoms with E-state index in [1.807, 2.05) is 44.4 Å². The van der Waals surface area contributed by atoms with Gasteiger partial charge in [0.05, 0.1) is 4.90 Å². The van der Waals surface area contributed by atoms with Crippen molar-refractivity contribution in [1.82, 2.24) is 14.5 Å². The maximum atomic E-state index is 13.1. The number of thioether (sulfide) groups is 1. The van der Waals surface area contributed by atoms with Gasteiger partial charge < -0.3 is 4.42 Å². The minimum atomic E-state index is -3.62. The summed E-state index contributed by atoms with van der Waals surface area (Å²) in [6, 6.07) is 13.5. The lowest BCUT2D eigenvalue weighted by Gasteiger charge is -2.22. The fourth-order valence-electron chi connectivity index (χ4n) is 3.24. The fraction of sp³-hybridized carbons (Fsp3) is 0.375. The van der Waals surface area contributed by atoms with E-state index in [4.69, 9.17) is 4.42 Å². The van der Waals surface area contributed by atoms with Crippen molar-refractivity contribution >= 4 is 33.7 Å². The molecule has 1 aromatic heterocycles. The van der Waals surface area contributed by atoms with Gasteiger partial charge in [0.1, 0.15) is 0 Å². The third-order valence-corrected chi connectivity index (χ3v) is 7.92. The van der Waals surface area contributed by atoms with Gasteiger partial charge in [0.25, 0.3) is 5.91 Å². The summed E-state index contributed by atoms with van der Waals surface area (Å²) in [5, 5.41) is 10.4. The minimum Gasteiger partial charge on any atom is -0.403 e. The molecule has 0 saturated heterocycles. The molecule has 0 fully saturated rings. The Morgan fingerprint density at radius 3 is 2.15 bits per heavy atom. The Morgan fingerprint density at radius 1 is 0.971 bits per heavy atom. The molecular weight excluding hydrogens is 472 g/mol. The highest BCUT2D eigenvalue weighted by Crippen LogP contribution is 2.24. The van der Waals surface area contributed by atoms with Gasteiger partial charge in [-0.3, -0.25) is 10.1 Å². The van der Waals surface area contributed by atoms with E-state index in [-0.39, 0.29) is 16.5 Å². The Hall–Kier alpha value is -2.69. The molecule has 0 aliphatic heterocycles. The van der Waals surface area contributed by atoms with Gasteiger partial charge in [0.15, 0.2) is 0 Å². The molecule has 0 bridgehead atoms. The zero-order valence-corrected chi connectivity index (χ0v) is 21.3. The first-order valence-corrected chi connectivity index (χ1v) is 13.9. The fourth-order valence-corrected chi connectivity index (χ4v) is 5.17. The van der Waals surface area contributed by atoms with E-state index < -0.39 is 15.9 Å². The summed E-state index contributed by atoms with van der Waals surface area (Å²) < 4.78 is 33.3. The summed E-state index contributed by atoms with van der Waals surface area (Å²) in [5.74, 6) is -0.172. The predicted octanol–water partition coefficient (Wildman–Crippen LogP) is 5.30. The number of amides is 1. The van der Waals surface area contributed by atoms with Crippen LogP contribution in [-0.2, 0) is 10.0 Å². The number of carbonyl (C=O) groups is 1. The van der Waals surface area contributed by atoms with Crippen LogP contribution in [0.15, 0.2) is 62.7 Å². The lowest BCUT2D eigenvalue weighted by molar-refractivity contribution is 0.102. The van der Waals surface area contributed by atoms with Crippen LogP contribution in [0.5, 0.6) is 0 Å². The molecule has 0 atom stereocenters. The lowest BCUT2D eigenvalue weighted by Crippen LogP contribution is -2.33. The summed E-state index contributed by atoms with van der Waals surface area (Å²) >= 11 is 1.63. The van der Waals surface area contributed by atoms with Crippen LogP contribution in [0.3, 0.4) is 0 Å². The van der Waals surface area contributed by atoms with Crippen molar-refractivity contribution in [2.45, 2.75) is 49.3 Å². The first-order valence-electron chi connectivity index (χ1n) is 11.3. The van der Waals surface area contributed by atoms with Crippen molar-refractivity contribution in [3.8, 4) is 11.5 Å². The van der Waals surface area contributed by atoms with E-state index in [9.17, 15) is 13.2 Å². The van der Waals surface area contributed by atoms with E-state index in [1.54, 1.807) is 11.8 Å². The van der Waals surface area contributed by atoms with E-state index in [0.29, 0.717) is 19.0 Å². The second-order valence-corrected chi connectivity index (χ2v) is 10.5. The number of aromatic nitrogens is 2. The number of benzene rings is 2. The number of hydrogen-bond acceptors (Lipinski definition) is 7. The summed E-state index contributed by atoms with van der Waals surface area (Å²) in [5.41, 5.74) is 1.03. The first kappa shape index (κ1) is 25.9. The number of hydrogen-bond donors (Lipinski definition) is 1. The van der Waals surface area contributed by atoms with E-state index in [2.05, 4.69) is 15.5 Å². The van der Waals surface area contributed by atoms with Gasteiger partial charge in [0, 0.05) is 29.1 Å². The predicted molar refractivity (Wildman–Crippen MR) is 134 cm³/mol. The Balaban J connectivity index is 1.69. The van der Waals surface area contributed by atoms with Gasteiger partial charge in [-0.15, -0.1) is 16.9 Å². The number of carbonyl (C=O) groups excluding carboxylic acids is 1. The maximum absolute atomic E-state index is 13.1. The van der Waals surface area contributed by atoms with Gasteiger partial charge in [-0.1, -0.05) is 31.8 Å². The second kappa shape index (κ2) is 12.1. The Kier molecular flexibility index (Phi) is 9.26. The van der Waals surface area contributed by atoms with E-state index >= 15 is 0 Å². The molecule has 34 heavy (non-hydrogen) atoms. The second-order valence-electron chi connectivity index (χ2n) is 7.73. The zero-order chi connectivity index (χ0) is 24.6. The Morgan fingerprint density at radius 2 is 1.59 bits per heavy atom. The summed E-state index contributed by atoms with van der Waals surface area (Å²) in [4.78, 5) is 13.9. The van der Waals surface area contributed by atoms with Gasteiger partial charge in [-0.05, 0) is 67.6 Å². The molecule has 0 radical (unpaired) electrons. The molecule has 0 spiro atoms. The van der Waals surface area contributed by atoms with Crippen LogP contribution >= 0.6 is 11.8 Å². The molecule has 2 aromatic carbocycles. The van der Waals surface area contributed by atoms with Crippen LogP contribution in [0.25, 0.3) is 11.5 Å². The number of nitrogens with zero attached hydrogens (tertiary/aromatic N) is 3. The number of sulfonamides is 1. The highest BCUT2D eigenvalue weighted by Gasteiger charge is 2.24. The number of nitrogens with one attached hydrogen (secondary N) is 1. The molecule has 0 aliphatic rings. The van der Waals surface area contributed by atoms with Crippen LogP contribution in [0.2, 0.25) is 0 Å². The third kappa shape index (κ3) is 6.46. The van der Waals surface area contributed by atoms with Crippen LogP contribution < -0.4 is 5.32 Å². The highest BCUT2D eigenvalue weighted by molar-refractivity contribution is 7.98. The Labute approximate surface area is 205 Å². The first-order chi connectivity index (χ1) is 16.4. The highest BCUT2D eigenvalue weighted by atomic mass is 32.2. The molecule has 182 valence electrons. The van der Waals surface area contributed by atoms with Crippen molar-refractivity contribution in [3.63, 3.8) is 0 Å². The molecule has 0 aliphatic carbocycles. The van der Waals surface area contributed by atoms with Crippen LogP contribution in [0.1, 0.15) is 49.9 Å². The normalized spacial score (nSPS) is 11.6. The maximum Gasteiger partial charge on any atom is 0.322 e. The molecule has 1 amide bonds. The standard InChI is InChI=1S/C24H30N4O4S2/c1-4-6-16-28(17-7-5-2)34(30,31)21-14-10-18(11-15-21)22(29)25-24-27-26-23(32-24)19-8-12-20(33-3)13-9-19/h8-15H,4-7,16-17H2,1-3H3,(H,25,27,29). The molecule has 1 heterocycles. The average Bonchev–Trinajstić information content (AvgIpc) is 3.32. The van der Waals surface area contributed by atoms with Crippen molar-refractivity contribution in [2.24, 2.45) is 0 Å². The molecule has 10 heteroatoms. The Bertz CT molecular complexity index is 1170. The lowest BCUT2D eigenvalue weighted by atomic mass is 10.2. The quantitative estimate of drug-likeness (QED) is 0.335. The summed E-state index contributed by atoms with van der Waals surface area (Å²) in [7, 11) is -3.62. The molecule has 0 unspecified atom stereocenters. The molecule has 3 rings (SSSR count). The van der Waals surface area contributed by atoms with Crippen molar-refractivity contribution < 1.29 is 17.6 Å². The SMILES string of the molecule is CCCCN(CCCC)S(=O)(=O)c1ccc(C(=O)Nc2nnc(-c3ccc(SC)cc3)o2)cc1. The van der Waals surface area contributed by atoms with Crippen molar-refractivity contribution in [2.75, 3.05) is 24.7 Å². The van der Waals surface area contributed by atoms with Crippen LogP contribution in [0, 0.1) is 0 Å². The van der Waals surface area contributed by atoms with Crippen molar-refractivity contribution in [3.05, 3.63) is 54.1 Å². The average molecular weight is 503 g/mol. The number of rotatable bonds is 12. The van der Waals surface area contributed by atoms with Gasteiger partial charge >= 0.3 is 6.01 Å². The van der Waals surface area contributed by atoms with E-state index in [0.717, 1.165) is 36.1 Å². The topological polar surface area (TPSA) is 105 Å². The number of anilines is 1. The molecule has 0 saturated carbocycles. The summed E-state index contributed by atoms with van der Waals surface area (Å²) in [6.07, 6.45) is 5.43. The van der Waals surface area contributed by atoms with Gasteiger partial charge in [-0.25, -0.2) is 8.42 Å². The monoisotopic (exact) mass is 502 g/mol. The van der Waals surface area contributed by atoms with E-state index in [1.165, 1.54) is 28.6 Å². The summed E-state index contributed by atoms with van der Waals surface area (Å²) in [6.45, 7) is 5.04. The van der Waals surface area contributed by atoms with Crippen molar-refractivity contribution in [1.29, 1.82) is 0 Å².